The van der Waals surface area contributed by atoms with E-state index in [9.17, 15) is 4.79 Å². The molecule has 0 aliphatic heterocycles. The Bertz CT molecular complexity index is 466. The number of carbonyl (C=O) groups is 1. The highest BCUT2D eigenvalue weighted by Crippen LogP contribution is 2.13. The van der Waals surface area contributed by atoms with Crippen molar-refractivity contribution in [1.82, 2.24) is 0 Å². The predicted octanol–water partition coefficient (Wildman–Crippen LogP) is 2.25. The number of hydrogen-bond acceptors (Lipinski definition) is 4. The van der Waals surface area contributed by atoms with Crippen LogP contribution in [-0.2, 0) is 9.53 Å². The lowest BCUT2D eigenvalue weighted by atomic mass is 10.1. The molecule has 0 bridgehead atoms. The molecule has 0 atom stereocenters. The molecule has 0 fully saturated rings. The van der Waals surface area contributed by atoms with Crippen LogP contribution in [0.1, 0.15) is 19.4 Å². The first-order chi connectivity index (χ1) is 8.02. The van der Waals surface area contributed by atoms with Crippen LogP contribution in [0, 0.1) is 11.3 Å². The summed E-state index contributed by atoms with van der Waals surface area (Å²) in [7, 11) is 0. The summed E-state index contributed by atoms with van der Waals surface area (Å²) in [6, 6.07) is 7.97. The van der Waals surface area contributed by atoms with E-state index in [-0.39, 0.29) is 17.4 Å². The van der Waals surface area contributed by atoms with Gasteiger partial charge in [-0.15, -0.1) is 0 Å². The summed E-state index contributed by atoms with van der Waals surface area (Å²) in [5, 5.41) is 18.0. The lowest BCUT2D eigenvalue weighted by Gasteiger charge is -2.06. The van der Waals surface area contributed by atoms with E-state index in [2.05, 4.69) is 0 Å². The summed E-state index contributed by atoms with van der Waals surface area (Å²) in [4.78, 5) is 11.5. The number of esters is 1. The maximum absolute atomic E-state index is 11.5. The van der Waals surface area contributed by atoms with Crippen LogP contribution in [0.5, 0.6) is 5.75 Å². The Morgan fingerprint density at radius 1 is 1.41 bits per heavy atom. The molecule has 0 radical (unpaired) electrons. The van der Waals surface area contributed by atoms with Gasteiger partial charge in [-0.3, -0.25) is 0 Å². The van der Waals surface area contributed by atoms with Gasteiger partial charge in [-0.25, -0.2) is 4.79 Å². The number of rotatable bonds is 3. The SMILES string of the molecule is CC(C)OC(=O)C(C#N)=Cc1ccc(O)cc1. The van der Waals surface area contributed by atoms with Gasteiger partial charge in [-0.05, 0) is 37.6 Å². The van der Waals surface area contributed by atoms with Crippen LogP contribution >= 0.6 is 0 Å². The van der Waals surface area contributed by atoms with Gasteiger partial charge in [0.05, 0.1) is 6.10 Å². The second-order valence-corrected chi connectivity index (χ2v) is 3.72. The fourth-order valence-electron chi connectivity index (χ4n) is 1.15. The quantitative estimate of drug-likeness (QED) is 0.492. The van der Waals surface area contributed by atoms with E-state index < -0.39 is 5.97 Å². The number of carbonyl (C=O) groups excluding carboxylic acids is 1. The molecule has 0 aromatic heterocycles. The van der Waals surface area contributed by atoms with E-state index in [1.165, 1.54) is 18.2 Å². The summed E-state index contributed by atoms with van der Waals surface area (Å²) >= 11 is 0. The number of nitriles is 1. The smallest absolute Gasteiger partial charge is 0.349 e. The molecular formula is C13H13NO3. The average Bonchev–Trinajstić information content (AvgIpc) is 2.27. The molecule has 0 saturated heterocycles. The highest BCUT2D eigenvalue weighted by atomic mass is 16.5. The zero-order chi connectivity index (χ0) is 12.8. The van der Waals surface area contributed by atoms with Gasteiger partial charge in [0.25, 0.3) is 0 Å². The van der Waals surface area contributed by atoms with Crippen LogP contribution in [0.2, 0.25) is 0 Å². The molecule has 0 spiro atoms. The molecule has 0 aliphatic carbocycles. The molecule has 0 aliphatic rings. The molecule has 4 nitrogen and oxygen atoms in total. The van der Waals surface area contributed by atoms with Crippen molar-refractivity contribution in [2.45, 2.75) is 20.0 Å². The van der Waals surface area contributed by atoms with Gasteiger partial charge in [0, 0.05) is 0 Å². The second-order valence-electron chi connectivity index (χ2n) is 3.72. The molecule has 0 unspecified atom stereocenters. The Kier molecular flexibility index (Phi) is 4.29. The van der Waals surface area contributed by atoms with Crippen molar-refractivity contribution < 1.29 is 14.6 Å². The summed E-state index contributed by atoms with van der Waals surface area (Å²) < 4.78 is 4.92. The zero-order valence-electron chi connectivity index (χ0n) is 9.68. The van der Waals surface area contributed by atoms with E-state index in [0.717, 1.165) is 0 Å². The largest absolute Gasteiger partial charge is 0.508 e. The first kappa shape index (κ1) is 12.8. The molecule has 0 amide bonds. The molecule has 0 saturated carbocycles. The average molecular weight is 231 g/mol. The lowest BCUT2D eigenvalue weighted by molar-refractivity contribution is -0.142. The highest BCUT2D eigenvalue weighted by molar-refractivity contribution is 5.97. The van der Waals surface area contributed by atoms with Crippen LogP contribution in [0.4, 0.5) is 0 Å². The van der Waals surface area contributed by atoms with E-state index in [0.29, 0.717) is 5.56 Å². The van der Waals surface area contributed by atoms with Gasteiger partial charge in [-0.1, -0.05) is 12.1 Å². The zero-order valence-corrected chi connectivity index (χ0v) is 9.68. The molecule has 17 heavy (non-hydrogen) atoms. The Balaban J connectivity index is 2.91. The molecule has 1 aromatic carbocycles. The Morgan fingerprint density at radius 2 is 2.00 bits per heavy atom. The fraction of sp³-hybridized carbons (Fsp3) is 0.231. The molecule has 1 N–H and O–H groups in total. The third kappa shape index (κ3) is 3.99. The van der Waals surface area contributed by atoms with Gasteiger partial charge in [0.2, 0.25) is 0 Å². The van der Waals surface area contributed by atoms with E-state index >= 15 is 0 Å². The van der Waals surface area contributed by atoms with Crippen molar-refractivity contribution in [3.05, 3.63) is 35.4 Å². The van der Waals surface area contributed by atoms with Crippen LogP contribution in [-0.4, -0.2) is 17.2 Å². The Hall–Kier alpha value is -2.28. The van der Waals surface area contributed by atoms with Crippen molar-refractivity contribution in [1.29, 1.82) is 5.26 Å². The number of benzene rings is 1. The number of phenolic OH excluding ortho intramolecular Hbond substituents is 1. The van der Waals surface area contributed by atoms with Crippen molar-refractivity contribution in [2.75, 3.05) is 0 Å². The topological polar surface area (TPSA) is 70.3 Å². The molecule has 1 rings (SSSR count). The van der Waals surface area contributed by atoms with Crippen molar-refractivity contribution in [2.24, 2.45) is 0 Å². The number of nitrogens with zero attached hydrogens (tertiary/aromatic N) is 1. The van der Waals surface area contributed by atoms with Gasteiger partial charge >= 0.3 is 5.97 Å². The molecule has 0 heterocycles. The third-order valence-corrected chi connectivity index (χ3v) is 1.89. The summed E-state index contributed by atoms with van der Waals surface area (Å²) in [6.07, 6.45) is 1.16. The molecule has 1 aromatic rings. The fourth-order valence-corrected chi connectivity index (χ4v) is 1.15. The minimum Gasteiger partial charge on any atom is -0.508 e. The number of aromatic hydroxyl groups is 1. The maximum Gasteiger partial charge on any atom is 0.349 e. The van der Waals surface area contributed by atoms with Crippen molar-refractivity contribution in [3.63, 3.8) is 0 Å². The van der Waals surface area contributed by atoms with Gasteiger partial charge in [-0.2, -0.15) is 5.26 Å². The molecule has 4 heteroatoms. The summed E-state index contributed by atoms with van der Waals surface area (Å²) in [5.41, 5.74) is 0.587. The van der Waals surface area contributed by atoms with E-state index in [1.807, 2.05) is 0 Å². The Morgan fingerprint density at radius 3 is 2.47 bits per heavy atom. The van der Waals surface area contributed by atoms with Crippen LogP contribution in [0.3, 0.4) is 0 Å². The maximum atomic E-state index is 11.5. The minimum absolute atomic E-state index is 0.0654. The number of phenols is 1. The lowest BCUT2D eigenvalue weighted by Crippen LogP contribution is -2.12. The Labute approximate surface area is 99.8 Å². The monoisotopic (exact) mass is 231 g/mol. The molecular weight excluding hydrogens is 218 g/mol. The first-order valence-electron chi connectivity index (χ1n) is 5.14. The van der Waals surface area contributed by atoms with E-state index in [1.54, 1.807) is 32.0 Å². The highest BCUT2D eigenvalue weighted by Gasteiger charge is 2.12. The third-order valence-electron chi connectivity index (χ3n) is 1.89. The minimum atomic E-state index is -0.643. The standard InChI is InChI=1S/C13H13NO3/c1-9(2)17-13(16)11(8-14)7-10-3-5-12(15)6-4-10/h3-7,9,15H,1-2H3. The van der Waals surface area contributed by atoms with Gasteiger partial charge in [0.1, 0.15) is 17.4 Å². The predicted molar refractivity (Wildman–Crippen MR) is 62.9 cm³/mol. The number of ether oxygens (including phenoxy) is 1. The van der Waals surface area contributed by atoms with Crippen LogP contribution in [0.15, 0.2) is 29.8 Å². The van der Waals surface area contributed by atoms with Gasteiger partial charge in [0.15, 0.2) is 0 Å². The molecule has 88 valence electrons. The number of hydrogen-bond donors (Lipinski definition) is 1. The summed E-state index contributed by atoms with van der Waals surface area (Å²) in [5.74, 6) is -0.513. The van der Waals surface area contributed by atoms with Crippen LogP contribution < -0.4 is 0 Å². The van der Waals surface area contributed by atoms with Crippen molar-refractivity contribution >= 4 is 12.0 Å². The first-order valence-corrected chi connectivity index (χ1v) is 5.14. The summed E-state index contributed by atoms with van der Waals surface area (Å²) in [6.45, 7) is 3.43. The van der Waals surface area contributed by atoms with Crippen LogP contribution in [0.25, 0.3) is 6.08 Å². The normalized spacial score (nSPS) is 11.1. The van der Waals surface area contributed by atoms with E-state index in [4.69, 9.17) is 15.1 Å². The van der Waals surface area contributed by atoms with Crippen molar-refractivity contribution in [3.8, 4) is 11.8 Å². The van der Waals surface area contributed by atoms with Gasteiger partial charge < -0.3 is 9.84 Å². The second kappa shape index (κ2) is 5.71.